The van der Waals surface area contributed by atoms with Gasteiger partial charge in [0, 0.05) is 30.2 Å². The van der Waals surface area contributed by atoms with E-state index in [9.17, 15) is 14.3 Å². The molecule has 8 nitrogen and oxygen atoms in total. The van der Waals surface area contributed by atoms with Crippen molar-refractivity contribution in [3.63, 3.8) is 0 Å². The normalized spacial score (nSPS) is 14.4. The number of ether oxygens (including phenoxy) is 2. The molecule has 0 unspecified atom stereocenters. The van der Waals surface area contributed by atoms with Crippen molar-refractivity contribution in [1.82, 2.24) is 14.5 Å². The predicted molar refractivity (Wildman–Crippen MR) is 149 cm³/mol. The second kappa shape index (κ2) is 11.4. The summed E-state index contributed by atoms with van der Waals surface area (Å²) in [5, 5.41) is 18.4. The van der Waals surface area contributed by atoms with Gasteiger partial charge in [-0.1, -0.05) is 24.3 Å². The van der Waals surface area contributed by atoms with Crippen LogP contribution in [-0.4, -0.2) is 38.3 Å². The van der Waals surface area contributed by atoms with Crippen LogP contribution in [0.2, 0.25) is 0 Å². The minimum Gasteiger partial charge on any atom is -0.478 e. The molecule has 1 saturated heterocycles. The maximum Gasteiger partial charge on any atom is 0.335 e. The third-order valence-electron chi connectivity index (χ3n) is 7.23. The van der Waals surface area contributed by atoms with E-state index in [2.05, 4.69) is 4.98 Å². The van der Waals surface area contributed by atoms with E-state index in [4.69, 9.17) is 19.7 Å². The fraction of sp³-hybridized carbons (Fsp3) is 0.188. The van der Waals surface area contributed by atoms with Crippen molar-refractivity contribution in [3.05, 3.63) is 113 Å². The fourth-order valence-corrected chi connectivity index (χ4v) is 4.84. The van der Waals surface area contributed by atoms with Gasteiger partial charge in [0.15, 0.2) is 0 Å². The molecule has 10 heteroatoms. The average molecular weight is 567 g/mol. The SMILES string of the molecule is N#Cc1ccc(COc2cccc(-c3ccc(Cc4nc5ccc(C(=O)O)cc5n4C[C@@H]4CCO4)c(F)c3)n2)c(F)c1. The molecule has 6 rings (SSSR count). The number of aromatic nitrogens is 3. The number of nitriles is 1. The Morgan fingerprint density at radius 2 is 1.86 bits per heavy atom. The van der Waals surface area contributed by atoms with Gasteiger partial charge in [0.25, 0.3) is 0 Å². The molecule has 42 heavy (non-hydrogen) atoms. The van der Waals surface area contributed by atoms with Crippen molar-refractivity contribution in [2.45, 2.75) is 32.1 Å². The minimum atomic E-state index is -1.03. The van der Waals surface area contributed by atoms with Gasteiger partial charge in [-0.3, -0.25) is 0 Å². The number of carbonyl (C=O) groups is 1. The quantitative estimate of drug-likeness (QED) is 0.236. The first-order valence-corrected chi connectivity index (χ1v) is 13.3. The molecule has 0 aliphatic carbocycles. The lowest BCUT2D eigenvalue weighted by molar-refractivity contribution is -0.0589. The van der Waals surface area contributed by atoms with Gasteiger partial charge in [-0.15, -0.1) is 0 Å². The average Bonchev–Trinajstić information content (AvgIpc) is 3.31. The molecule has 2 aromatic heterocycles. The number of imidazole rings is 1. The molecule has 1 aliphatic rings. The van der Waals surface area contributed by atoms with Gasteiger partial charge in [0.05, 0.1) is 46.6 Å². The molecule has 0 saturated carbocycles. The third kappa shape index (κ3) is 5.55. The molecule has 1 N–H and O–H groups in total. The number of benzene rings is 3. The van der Waals surface area contributed by atoms with Crippen molar-refractivity contribution < 1.29 is 28.2 Å². The van der Waals surface area contributed by atoms with Crippen LogP contribution in [0.1, 0.15) is 39.3 Å². The summed E-state index contributed by atoms with van der Waals surface area (Å²) >= 11 is 0. The molecule has 3 aromatic carbocycles. The molecule has 0 radical (unpaired) electrons. The van der Waals surface area contributed by atoms with E-state index in [1.165, 1.54) is 24.3 Å². The first-order chi connectivity index (χ1) is 20.4. The summed E-state index contributed by atoms with van der Waals surface area (Å²) in [7, 11) is 0. The van der Waals surface area contributed by atoms with Crippen LogP contribution >= 0.6 is 0 Å². The molecule has 0 bridgehead atoms. The van der Waals surface area contributed by atoms with E-state index in [0.29, 0.717) is 46.8 Å². The van der Waals surface area contributed by atoms with Crippen LogP contribution in [0.4, 0.5) is 8.78 Å². The van der Waals surface area contributed by atoms with E-state index < -0.39 is 17.6 Å². The molecule has 0 amide bonds. The Balaban J connectivity index is 1.23. The number of hydrogen-bond acceptors (Lipinski definition) is 6. The summed E-state index contributed by atoms with van der Waals surface area (Å²) in [5.74, 6) is -1.16. The summed E-state index contributed by atoms with van der Waals surface area (Å²) in [4.78, 5) is 20.7. The fourth-order valence-electron chi connectivity index (χ4n) is 4.84. The zero-order valence-electron chi connectivity index (χ0n) is 22.3. The molecule has 1 atom stereocenters. The van der Waals surface area contributed by atoms with Crippen LogP contribution in [0.15, 0.2) is 72.8 Å². The number of halogens is 2. The van der Waals surface area contributed by atoms with Gasteiger partial charge < -0.3 is 19.1 Å². The third-order valence-corrected chi connectivity index (χ3v) is 7.23. The first-order valence-electron chi connectivity index (χ1n) is 13.3. The number of fused-ring (bicyclic) bond motifs is 1. The summed E-state index contributed by atoms with van der Waals surface area (Å²) in [5.41, 5.74) is 3.40. The molecule has 1 fully saturated rings. The lowest BCUT2D eigenvalue weighted by Crippen LogP contribution is -2.31. The van der Waals surface area contributed by atoms with Crippen LogP contribution in [0.5, 0.6) is 5.88 Å². The second-order valence-electron chi connectivity index (χ2n) is 9.98. The lowest BCUT2D eigenvalue weighted by atomic mass is 10.1. The van der Waals surface area contributed by atoms with Crippen LogP contribution in [-0.2, 0) is 24.3 Å². The van der Waals surface area contributed by atoms with Crippen LogP contribution in [0.25, 0.3) is 22.3 Å². The molecular formula is C32H24F2N4O4. The number of pyridine rings is 1. The molecule has 5 aromatic rings. The molecular weight excluding hydrogens is 542 g/mol. The predicted octanol–water partition coefficient (Wildman–Crippen LogP) is 5.91. The van der Waals surface area contributed by atoms with Crippen molar-refractivity contribution in [2.75, 3.05) is 6.61 Å². The zero-order chi connectivity index (χ0) is 29.2. The summed E-state index contributed by atoms with van der Waals surface area (Å²) in [6.07, 6.45) is 1.08. The van der Waals surface area contributed by atoms with Crippen molar-refractivity contribution >= 4 is 17.0 Å². The van der Waals surface area contributed by atoms with Gasteiger partial charge in [0.2, 0.25) is 5.88 Å². The Labute approximate surface area is 239 Å². The number of hydrogen-bond donors (Lipinski definition) is 1. The van der Waals surface area contributed by atoms with E-state index in [1.54, 1.807) is 42.5 Å². The molecule has 1 aliphatic heterocycles. The van der Waals surface area contributed by atoms with E-state index in [1.807, 2.05) is 10.6 Å². The van der Waals surface area contributed by atoms with Gasteiger partial charge >= 0.3 is 5.97 Å². The Morgan fingerprint density at radius 3 is 2.57 bits per heavy atom. The Hall–Kier alpha value is -5.14. The summed E-state index contributed by atoms with van der Waals surface area (Å²) in [6, 6.07) is 20.7. The van der Waals surface area contributed by atoms with E-state index in [0.717, 1.165) is 12.5 Å². The van der Waals surface area contributed by atoms with Gasteiger partial charge in [-0.05, 0) is 54.4 Å². The van der Waals surface area contributed by atoms with Crippen molar-refractivity contribution in [1.29, 1.82) is 5.26 Å². The van der Waals surface area contributed by atoms with E-state index in [-0.39, 0.29) is 41.7 Å². The lowest BCUT2D eigenvalue weighted by Gasteiger charge is -2.27. The number of aromatic carboxylic acids is 1. The number of carboxylic acids is 1. The van der Waals surface area contributed by atoms with Gasteiger partial charge in [0.1, 0.15) is 24.1 Å². The van der Waals surface area contributed by atoms with Crippen molar-refractivity contribution in [2.24, 2.45) is 0 Å². The topological polar surface area (TPSA) is 110 Å². The van der Waals surface area contributed by atoms with Gasteiger partial charge in [-0.25, -0.2) is 23.5 Å². The Morgan fingerprint density at radius 1 is 1.05 bits per heavy atom. The number of carboxylic acid groups (broad SMARTS) is 1. The monoisotopic (exact) mass is 566 g/mol. The highest BCUT2D eigenvalue weighted by Gasteiger charge is 2.23. The second-order valence-corrected chi connectivity index (χ2v) is 9.98. The van der Waals surface area contributed by atoms with Crippen LogP contribution in [0.3, 0.4) is 0 Å². The van der Waals surface area contributed by atoms with Crippen LogP contribution < -0.4 is 4.74 Å². The Kier molecular flexibility index (Phi) is 7.33. The smallest absolute Gasteiger partial charge is 0.335 e. The highest BCUT2D eigenvalue weighted by molar-refractivity contribution is 5.92. The van der Waals surface area contributed by atoms with E-state index >= 15 is 4.39 Å². The Bertz CT molecular complexity index is 1860. The maximum atomic E-state index is 15.4. The zero-order valence-corrected chi connectivity index (χ0v) is 22.3. The highest BCUT2D eigenvalue weighted by atomic mass is 19.1. The minimum absolute atomic E-state index is 0.00386. The van der Waals surface area contributed by atoms with Crippen LogP contribution in [0, 0.1) is 23.0 Å². The standard InChI is InChI=1S/C32H24F2N4O4/c33-25-12-19(16-35)4-5-23(25)18-42-31-3-1-2-27(37-31)21-7-6-20(26(34)13-21)15-30-36-28-9-8-22(32(39)40)14-29(28)38(30)17-24-10-11-41-24/h1-9,12-14,24H,10-11,15,17-18H2,(H,39,40)/t24-/m0/s1. The van der Waals surface area contributed by atoms with Crippen molar-refractivity contribution in [3.8, 4) is 23.2 Å². The molecule has 3 heterocycles. The summed E-state index contributed by atoms with van der Waals surface area (Å²) in [6.45, 7) is 1.09. The molecule has 210 valence electrons. The molecule has 0 spiro atoms. The first kappa shape index (κ1) is 27.1. The largest absolute Gasteiger partial charge is 0.478 e. The van der Waals surface area contributed by atoms with Gasteiger partial charge in [-0.2, -0.15) is 5.26 Å². The number of nitrogens with zero attached hydrogens (tertiary/aromatic N) is 4. The summed E-state index contributed by atoms with van der Waals surface area (Å²) < 4.78 is 42.8. The highest BCUT2D eigenvalue weighted by Crippen LogP contribution is 2.27. The maximum absolute atomic E-state index is 15.4. The number of rotatable bonds is 9.